The van der Waals surface area contributed by atoms with Crippen LogP contribution in [-0.4, -0.2) is 25.8 Å². The third-order valence-corrected chi connectivity index (χ3v) is 3.35. The van der Waals surface area contributed by atoms with Gasteiger partial charge in [0.25, 0.3) is 0 Å². The lowest BCUT2D eigenvalue weighted by Gasteiger charge is -2.33. The zero-order valence-corrected chi connectivity index (χ0v) is 10.8. The molecule has 0 aromatic heterocycles. The van der Waals surface area contributed by atoms with Crippen LogP contribution in [-0.2, 0) is 10.1 Å². The van der Waals surface area contributed by atoms with Crippen molar-refractivity contribution >= 4 is 21.6 Å². The van der Waals surface area contributed by atoms with Crippen molar-refractivity contribution in [3.63, 3.8) is 0 Å². The van der Waals surface area contributed by atoms with E-state index in [9.17, 15) is 4.39 Å². The molecule has 17 heavy (non-hydrogen) atoms. The first-order valence-electron chi connectivity index (χ1n) is 5.35. The predicted molar refractivity (Wildman–Crippen MR) is 66.6 cm³/mol. The van der Waals surface area contributed by atoms with E-state index in [-0.39, 0.29) is 5.82 Å². The molecule has 1 saturated heterocycles. The van der Waals surface area contributed by atoms with E-state index in [1.165, 1.54) is 6.07 Å². The molecule has 5 heteroatoms. The highest BCUT2D eigenvalue weighted by Crippen LogP contribution is 2.27. The molecule has 1 fully saturated rings. The third kappa shape index (κ3) is 2.59. The summed E-state index contributed by atoms with van der Waals surface area (Å²) in [5.74, 6) is -0.250. The topological polar surface area (TPSA) is 36.3 Å². The first kappa shape index (κ1) is 12.3. The van der Waals surface area contributed by atoms with Gasteiger partial charge in [-0.1, -0.05) is 28.1 Å². The smallest absolute Gasteiger partial charge is 0.161 e. The quantitative estimate of drug-likeness (QED) is 0.787. The van der Waals surface area contributed by atoms with E-state index in [0.29, 0.717) is 30.7 Å². The van der Waals surface area contributed by atoms with Crippen LogP contribution in [0.15, 0.2) is 18.2 Å². The molecule has 3 nitrogen and oxygen atoms in total. The van der Waals surface area contributed by atoms with Crippen LogP contribution in [0.5, 0.6) is 0 Å². The monoisotopic (exact) mass is 298 g/mol. The lowest BCUT2D eigenvalue weighted by Crippen LogP contribution is -2.42. The molecule has 2 rings (SSSR count). The van der Waals surface area contributed by atoms with Crippen molar-refractivity contribution in [1.82, 2.24) is 0 Å². The minimum atomic E-state index is -0.480. The van der Waals surface area contributed by atoms with Gasteiger partial charge in [0.2, 0.25) is 0 Å². The maximum absolute atomic E-state index is 13.9. The Bertz CT molecular complexity index is 447. The first-order valence-corrected chi connectivity index (χ1v) is 6.48. The van der Waals surface area contributed by atoms with Gasteiger partial charge in [-0.05, 0) is 11.6 Å². The van der Waals surface area contributed by atoms with Gasteiger partial charge in [-0.2, -0.15) is 5.26 Å². The normalized spacial score (nSPS) is 20.1. The highest BCUT2D eigenvalue weighted by Gasteiger charge is 2.23. The van der Waals surface area contributed by atoms with Crippen LogP contribution in [0.4, 0.5) is 10.1 Å². The van der Waals surface area contributed by atoms with Crippen LogP contribution in [0.25, 0.3) is 0 Å². The summed E-state index contributed by atoms with van der Waals surface area (Å²) in [6.45, 7) is 1.48. The van der Waals surface area contributed by atoms with Gasteiger partial charge in [0.05, 0.1) is 24.9 Å². The van der Waals surface area contributed by atoms with Gasteiger partial charge < -0.3 is 9.64 Å². The Labute approximate surface area is 108 Å². The molecule has 0 N–H and O–H groups in total. The van der Waals surface area contributed by atoms with Crippen LogP contribution < -0.4 is 4.90 Å². The highest BCUT2D eigenvalue weighted by atomic mass is 79.9. The second-order valence-electron chi connectivity index (χ2n) is 3.82. The number of halogens is 2. The van der Waals surface area contributed by atoms with Crippen molar-refractivity contribution in [1.29, 1.82) is 5.26 Å². The summed E-state index contributed by atoms with van der Waals surface area (Å²) in [4.78, 5) is 1.88. The molecular weight excluding hydrogens is 287 g/mol. The summed E-state index contributed by atoms with van der Waals surface area (Å²) in [6.07, 6.45) is -0.480. The molecule has 1 aromatic carbocycles. The number of hydrogen-bond acceptors (Lipinski definition) is 3. The summed E-state index contributed by atoms with van der Waals surface area (Å²) in [7, 11) is 0. The molecule has 90 valence electrons. The van der Waals surface area contributed by atoms with E-state index >= 15 is 0 Å². The molecule has 1 atom stereocenters. The second kappa shape index (κ2) is 5.48. The van der Waals surface area contributed by atoms with Crippen molar-refractivity contribution < 1.29 is 9.13 Å². The van der Waals surface area contributed by atoms with Crippen molar-refractivity contribution in [2.24, 2.45) is 0 Å². The zero-order chi connectivity index (χ0) is 12.3. The Hall–Kier alpha value is -1.12. The minimum Gasteiger partial charge on any atom is -0.363 e. The van der Waals surface area contributed by atoms with Crippen LogP contribution in [0.1, 0.15) is 5.56 Å². The molecule has 0 amide bonds. The summed E-state index contributed by atoms with van der Waals surface area (Å²) in [6, 6.07) is 7.08. The SMILES string of the molecule is N#CC1CN(c2c(F)cccc2CBr)CCO1. The Balaban J connectivity index is 2.30. The molecule has 1 heterocycles. The average molecular weight is 299 g/mol. The van der Waals surface area contributed by atoms with Gasteiger partial charge in [-0.15, -0.1) is 0 Å². The summed E-state index contributed by atoms with van der Waals surface area (Å²) >= 11 is 3.35. The van der Waals surface area contributed by atoms with E-state index in [0.717, 1.165) is 5.56 Å². The van der Waals surface area contributed by atoms with Crippen molar-refractivity contribution in [3.8, 4) is 6.07 Å². The number of anilines is 1. The predicted octanol–water partition coefficient (Wildman–Crippen LogP) is 2.45. The fourth-order valence-corrected chi connectivity index (χ4v) is 2.40. The van der Waals surface area contributed by atoms with Crippen LogP contribution in [0.3, 0.4) is 0 Å². The number of morpholine rings is 1. The van der Waals surface area contributed by atoms with E-state index in [2.05, 4.69) is 22.0 Å². The van der Waals surface area contributed by atoms with Crippen molar-refractivity contribution in [3.05, 3.63) is 29.6 Å². The standard InChI is InChI=1S/C12H12BrFN2O/c13-6-9-2-1-3-11(14)12(9)16-4-5-17-10(7-15)8-16/h1-3,10H,4-6,8H2. The number of benzene rings is 1. The van der Waals surface area contributed by atoms with Crippen LogP contribution in [0, 0.1) is 17.1 Å². The maximum atomic E-state index is 13.9. The number of nitriles is 1. The Morgan fingerprint density at radius 2 is 2.41 bits per heavy atom. The van der Waals surface area contributed by atoms with E-state index < -0.39 is 6.10 Å². The van der Waals surface area contributed by atoms with E-state index in [1.807, 2.05) is 11.0 Å². The van der Waals surface area contributed by atoms with Crippen molar-refractivity contribution in [2.45, 2.75) is 11.4 Å². The van der Waals surface area contributed by atoms with Gasteiger partial charge in [-0.25, -0.2) is 4.39 Å². The maximum Gasteiger partial charge on any atom is 0.161 e. The molecule has 0 radical (unpaired) electrons. The van der Waals surface area contributed by atoms with Crippen LogP contribution >= 0.6 is 15.9 Å². The number of nitrogens with zero attached hydrogens (tertiary/aromatic N) is 2. The summed E-state index contributed by atoms with van der Waals surface area (Å²) in [5.41, 5.74) is 1.47. The Kier molecular flexibility index (Phi) is 3.97. The Morgan fingerprint density at radius 1 is 1.59 bits per heavy atom. The summed E-state index contributed by atoms with van der Waals surface area (Å²) in [5, 5.41) is 9.44. The first-order chi connectivity index (χ1) is 8.26. The Morgan fingerprint density at radius 3 is 3.12 bits per heavy atom. The van der Waals surface area contributed by atoms with Gasteiger partial charge in [0.1, 0.15) is 5.82 Å². The number of hydrogen-bond donors (Lipinski definition) is 0. The largest absolute Gasteiger partial charge is 0.363 e. The van der Waals surface area contributed by atoms with Gasteiger partial charge in [0.15, 0.2) is 6.10 Å². The molecule has 1 aliphatic rings. The van der Waals surface area contributed by atoms with Crippen LogP contribution in [0.2, 0.25) is 0 Å². The second-order valence-corrected chi connectivity index (χ2v) is 4.38. The van der Waals surface area contributed by atoms with Gasteiger partial charge in [0, 0.05) is 11.9 Å². The molecule has 1 unspecified atom stereocenters. The highest BCUT2D eigenvalue weighted by molar-refractivity contribution is 9.08. The molecule has 0 spiro atoms. The fourth-order valence-electron chi connectivity index (χ4n) is 1.95. The summed E-state index contributed by atoms with van der Waals surface area (Å²) < 4.78 is 19.1. The molecule has 1 aromatic rings. The van der Waals surface area contributed by atoms with Crippen molar-refractivity contribution in [2.75, 3.05) is 24.6 Å². The third-order valence-electron chi connectivity index (χ3n) is 2.74. The van der Waals surface area contributed by atoms with E-state index in [4.69, 9.17) is 10.00 Å². The molecule has 0 aliphatic carbocycles. The molecule has 0 saturated carbocycles. The molecular formula is C12H12BrFN2O. The minimum absolute atomic E-state index is 0.250. The lowest BCUT2D eigenvalue weighted by atomic mass is 10.1. The van der Waals surface area contributed by atoms with Gasteiger partial charge >= 0.3 is 0 Å². The molecule has 1 aliphatic heterocycles. The molecule has 0 bridgehead atoms. The number of rotatable bonds is 2. The zero-order valence-electron chi connectivity index (χ0n) is 9.20. The average Bonchev–Trinajstić information content (AvgIpc) is 2.38. The lowest BCUT2D eigenvalue weighted by molar-refractivity contribution is 0.0761. The fraction of sp³-hybridized carbons (Fsp3) is 0.417. The van der Waals surface area contributed by atoms with E-state index in [1.54, 1.807) is 6.07 Å². The number of ether oxygens (including phenoxy) is 1. The number of para-hydroxylation sites is 1. The van der Waals surface area contributed by atoms with Gasteiger partial charge in [-0.3, -0.25) is 0 Å². The number of alkyl halides is 1.